The molecule has 8 heteroatoms. The topological polar surface area (TPSA) is 62.5 Å². The van der Waals surface area contributed by atoms with Crippen LogP contribution in [0.2, 0.25) is 0 Å². The van der Waals surface area contributed by atoms with E-state index in [1.165, 1.54) is 4.70 Å². The van der Waals surface area contributed by atoms with E-state index in [-0.39, 0.29) is 0 Å². The third-order valence-corrected chi connectivity index (χ3v) is 5.49. The summed E-state index contributed by atoms with van der Waals surface area (Å²) in [6.45, 7) is 5.66. The van der Waals surface area contributed by atoms with Crippen LogP contribution in [-0.2, 0) is 0 Å². The highest BCUT2D eigenvalue weighted by Gasteiger charge is 2.22. The fourth-order valence-electron chi connectivity index (χ4n) is 3.41. The second-order valence-corrected chi connectivity index (χ2v) is 7.09. The van der Waals surface area contributed by atoms with Crippen LogP contribution in [0.5, 0.6) is 0 Å². The molecule has 0 atom stereocenters. The molecule has 7 nitrogen and oxygen atoms in total. The van der Waals surface area contributed by atoms with Crippen LogP contribution < -0.4 is 9.80 Å². The van der Waals surface area contributed by atoms with Gasteiger partial charge in [0.15, 0.2) is 5.82 Å². The van der Waals surface area contributed by atoms with Crippen molar-refractivity contribution < 1.29 is 0 Å². The fraction of sp³-hybridized carbons (Fsp3) is 0.294. The average molecular weight is 351 g/mol. The minimum absolute atomic E-state index is 0.910. The monoisotopic (exact) mass is 351 g/mol. The van der Waals surface area contributed by atoms with E-state index in [0.717, 1.165) is 54.5 Å². The van der Waals surface area contributed by atoms with E-state index in [1.54, 1.807) is 17.7 Å². The molecule has 126 valence electrons. The number of thiophene rings is 1. The molecule has 0 radical (unpaired) electrons. The summed E-state index contributed by atoms with van der Waals surface area (Å²) in [5, 5.41) is 6.56. The number of hydrogen-bond acceptors (Lipinski definition) is 7. The van der Waals surface area contributed by atoms with Gasteiger partial charge in [-0.1, -0.05) is 0 Å². The summed E-state index contributed by atoms with van der Waals surface area (Å²) in [5.74, 6) is 2.05. The molecule has 0 spiro atoms. The van der Waals surface area contributed by atoms with E-state index in [1.807, 2.05) is 29.9 Å². The summed E-state index contributed by atoms with van der Waals surface area (Å²) < 4.78 is 3.08. The summed E-state index contributed by atoms with van der Waals surface area (Å²) in [7, 11) is 0. The largest absolute Gasteiger partial charge is 0.352 e. The number of anilines is 2. The number of aromatic nitrogens is 5. The van der Waals surface area contributed by atoms with Gasteiger partial charge >= 0.3 is 0 Å². The minimum Gasteiger partial charge on any atom is -0.352 e. The molecule has 5 heterocycles. The second-order valence-electron chi connectivity index (χ2n) is 6.17. The van der Waals surface area contributed by atoms with E-state index in [2.05, 4.69) is 41.3 Å². The lowest BCUT2D eigenvalue weighted by Crippen LogP contribution is -2.47. The number of piperazine rings is 1. The van der Waals surface area contributed by atoms with Crippen LogP contribution in [0.1, 0.15) is 5.69 Å². The van der Waals surface area contributed by atoms with Gasteiger partial charge in [0.2, 0.25) is 0 Å². The molecular formula is C17H17N7S. The summed E-state index contributed by atoms with van der Waals surface area (Å²) in [6.07, 6.45) is 5.38. The van der Waals surface area contributed by atoms with Gasteiger partial charge in [0, 0.05) is 38.6 Å². The lowest BCUT2D eigenvalue weighted by atomic mass is 10.3. The molecule has 25 heavy (non-hydrogen) atoms. The Bertz CT molecular complexity index is 1050. The van der Waals surface area contributed by atoms with Crippen molar-refractivity contribution in [2.75, 3.05) is 36.0 Å². The van der Waals surface area contributed by atoms with Crippen LogP contribution in [0.15, 0.2) is 36.2 Å². The number of aryl methyl sites for hydroxylation is 1. The van der Waals surface area contributed by atoms with Crippen molar-refractivity contribution in [1.29, 1.82) is 0 Å². The zero-order valence-corrected chi connectivity index (χ0v) is 14.6. The van der Waals surface area contributed by atoms with Gasteiger partial charge in [0.1, 0.15) is 17.7 Å². The summed E-state index contributed by atoms with van der Waals surface area (Å²) in [4.78, 5) is 18.2. The van der Waals surface area contributed by atoms with Gasteiger partial charge in [-0.3, -0.25) is 0 Å². The first-order chi connectivity index (χ1) is 12.3. The van der Waals surface area contributed by atoms with Gasteiger partial charge in [0.25, 0.3) is 0 Å². The molecule has 5 rings (SSSR count). The lowest BCUT2D eigenvalue weighted by Gasteiger charge is -2.36. The van der Waals surface area contributed by atoms with Crippen LogP contribution in [0.4, 0.5) is 11.6 Å². The van der Waals surface area contributed by atoms with Crippen LogP contribution in [0.3, 0.4) is 0 Å². The highest BCUT2D eigenvalue weighted by atomic mass is 32.1. The Morgan fingerprint density at radius 2 is 1.80 bits per heavy atom. The van der Waals surface area contributed by atoms with Gasteiger partial charge in [-0.25, -0.2) is 19.5 Å². The minimum atomic E-state index is 0.910. The van der Waals surface area contributed by atoms with Crippen LogP contribution in [0, 0.1) is 6.92 Å². The second kappa shape index (κ2) is 5.66. The third-order valence-electron chi connectivity index (χ3n) is 4.59. The molecule has 1 fully saturated rings. The Balaban J connectivity index is 1.42. The predicted molar refractivity (Wildman–Crippen MR) is 99.6 cm³/mol. The molecule has 0 unspecified atom stereocenters. The molecule has 0 aromatic carbocycles. The molecule has 1 saturated heterocycles. The first-order valence-electron chi connectivity index (χ1n) is 8.29. The summed E-state index contributed by atoms with van der Waals surface area (Å²) in [6, 6.07) is 4.14. The van der Waals surface area contributed by atoms with Crippen molar-refractivity contribution in [2.24, 2.45) is 0 Å². The Kier molecular flexibility index (Phi) is 3.30. The maximum Gasteiger partial charge on any atom is 0.154 e. The SMILES string of the molecule is Cc1cc2c(N3CCN(c4ncnc5ccsc45)CC3)nccn2n1. The first-order valence-corrected chi connectivity index (χ1v) is 9.17. The molecule has 1 aliphatic rings. The summed E-state index contributed by atoms with van der Waals surface area (Å²) >= 11 is 1.71. The van der Waals surface area contributed by atoms with Crippen LogP contribution in [-0.4, -0.2) is 50.7 Å². The Morgan fingerprint density at radius 1 is 1.00 bits per heavy atom. The molecule has 0 bridgehead atoms. The van der Waals surface area contributed by atoms with Crippen molar-refractivity contribution in [2.45, 2.75) is 6.92 Å². The standard InChI is InChI=1S/C17H17N7S/c1-12-10-14-16(18-3-4-24(14)21-12)22-5-7-23(8-6-22)17-15-13(2-9-25-15)19-11-20-17/h2-4,9-11H,5-8H2,1H3. The fourth-order valence-corrected chi connectivity index (χ4v) is 4.27. The van der Waals surface area contributed by atoms with Crippen molar-refractivity contribution in [3.8, 4) is 0 Å². The van der Waals surface area contributed by atoms with E-state index >= 15 is 0 Å². The zero-order chi connectivity index (χ0) is 16.8. The lowest BCUT2D eigenvalue weighted by molar-refractivity contribution is 0.643. The summed E-state index contributed by atoms with van der Waals surface area (Å²) in [5.41, 5.74) is 3.10. The number of nitrogens with zero attached hydrogens (tertiary/aromatic N) is 7. The molecule has 1 aliphatic heterocycles. The van der Waals surface area contributed by atoms with Crippen LogP contribution in [0.25, 0.3) is 15.7 Å². The maximum absolute atomic E-state index is 4.61. The van der Waals surface area contributed by atoms with E-state index in [0.29, 0.717) is 0 Å². The Hall–Kier alpha value is -2.74. The molecule has 4 aromatic rings. The number of hydrogen-bond donors (Lipinski definition) is 0. The highest BCUT2D eigenvalue weighted by molar-refractivity contribution is 7.17. The molecule has 4 aromatic heterocycles. The molecule has 0 amide bonds. The van der Waals surface area contributed by atoms with Crippen molar-refractivity contribution in [3.05, 3.63) is 41.9 Å². The quantitative estimate of drug-likeness (QED) is 0.552. The van der Waals surface area contributed by atoms with Crippen molar-refractivity contribution in [3.63, 3.8) is 0 Å². The molecule has 0 saturated carbocycles. The zero-order valence-electron chi connectivity index (χ0n) is 13.8. The Morgan fingerprint density at radius 3 is 2.64 bits per heavy atom. The van der Waals surface area contributed by atoms with Gasteiger partial charge in [-0.05, 0) is 24.4 Å². The van der Waals surface area contributed by atoms with Crippen molar-refractivity contribution >= 4 is 38.7 Å². The average Bonchev–Trinajstić information content (AvgIpc) is 3.26. The normalized spacial score (nSPS) is 15.4. The van der Waals surface area contributed by atoms with E-state index in [9.17, 15) is 0 Å². The van der Waals surface area contributed by atoms with E-state index < -0.39 is 0 Å². The highest BCUT2D eigenvalue weighted by Crippen LogP contribution is 2.29. The van der Waals surface area contributed by atoms with Crippen LogP contribution >= 0.6 is 11.3 Å². The number of fused-ring (bicyclic) bond motifs is 2. The molecule has 0 N–H and O–H groups in total. The number of rotatable bonds is 2. The van der Waals surface area contributed by atoms with Gasteiger partial charge in [-0.15, -0.1) is 11.3 Å². The molecule has 0 aliphatic carbocycles. The molecular weight excluding hydrogens is 334 g/mol. The van der Waals surface area contributed by atoms with Gasteiger partial charge in [-0.2, -0.15) is 5.10 Å². The first kappa shape index (κ1) is 14.6. The smallest absolute Gasteiger partial charge is 0.154 e. The van der Waals surface area contributed by atoms with Gasteiger partial charge in [0.05, 0.1) is 15.9 Å². The Labute approximate surface area is 148 Å². The van der Waals surface area contributed by atoms with Gasteiger partial charge < -0.3 is 9.80 Å². The maximum atomic E-state index is 4.61. The van der Waals surface area contributed by atoms with E-state index in [4.69, 9.17) is 0 Å². The van der Waals surface area contributed by atoms with Crippen molar-refractivity contribution in [1.82, 2.24) is 24.6 Å². The predicted octanol–water partition coefficient (Wildman–Crippen LogP) is 2.37. The third kappa shape index (κ3) is 2.41.